The van der Waals surface area contributed by atoms with Crippen LogP contribution >= 0.6 is 0 Å². The lowest BCUT2D eigenvalue weighted by Crippen LogP contribution is -2.26. The summed E-state index contributed by atoms with van der Waals surface area (Å²) < 4.78 is 5.46. The Morgan fingerprint density at radius 3 is 2.81 bits per heavy atom. The van der Waals surface area contributed by atoms with E-state index in [1.807, 2.05) is 19.1 Å². The normalized spacial score (nSPS) is 10.8. The zero-order chi connectivity index (χ0) is 11.8. The standard InChI is InChI=1S/C13H22N2O/c1-4-16-13-7-5-6-12(10-13)11-14-8-9-15(2)3/h5-7,10,14H,4,8-9,11H2,1-3H3. The Morgan fingerprint density at radius 1 is 1.31 bits per heavy atom. The molecule has 0 spiro atoms. The second kappa shape index (κ2) is 7.25. The molecule has 0 fully saturated rings. The fourth-order valence-corrected chi connectivity index (χ4v) is 1.45. The predicted molar refractivity (Wildman–Crippen MR) is 67.9 cm³/mol. The fourth-order valence-electron chi connectivity index (χ4n) is 1.45. The fraction of sp³-hybridized carbons (Fsp3) is 0.538. The van der Waals surface area contributed by atoms with Gasteiger partial charge < -0.3 is 15.0 Å². The summed E-state index contributed by atoms with van der Waals surface area (Å²) in [6.07, 6.45) is 0. The molecule has 0 saturated carbocycles. The van der Waals surface area contributed by atoms with Gasteiger partial charge in [0, 0.05) is 19.6 Å². The van der Waals surface area contributed by atoms with Crippen LogP contribution in [-0.4, -0.2) is 38.7 Å². The van der Waals surface area contributed by atoms with Gasteiger partial charge >= 0.3 is 0 Å². The second-order valence-corrected chi connectivity index (χ2v) is 4.06. The van der Waals surface area contributed by atoms with Crippen molar-refractivity contribution in [1.29, 1.82) is 0 Å². The molecule has 0 aromatic heterocycles. The Morgan fingerprint density at radius 2 is 2.12 bits per heavy atom. The van der Waals surface area contributed by atoms with Gasteiger partial charge in [0.25, 0.3) is 0 Å². The van der Waals surface area contributed by atoms with Crippen molar-refractivity contribution in [1.82, 2.24) is 10.2 Å². The first-order valence-corrected chi connectivity index (χ1v) is 5.79. The maximum Gasteiger partial charge on any atom is 0.119 e. The molecular formula is C13H22N2O. The number of nitrogens with one attached hydrogen (secondary N) is 1. The molecule has 3 nitrogen and oxygen atoms in total. The molecule has 3 heteroatoms. The van der Waals surface area contributed by atoms with E-state index in [4.69, 9.17) is 4.74 Å². The van der Waals surface area contributed by atoms with Crippen LogP contribution in [0.2, 0.25) is 0 Å². The maximum absolute atomic E-state index is 5.46. The molecule has 0 saturated heterocycles. The van der Waals surface area contributed by atoms with Crippen molar-refractivity contribution in [2.45, 2.75) is 13.5 Å². The largest absolute Gasteiger partial charge is 0.494 e. The highest BCUT2D eigenvalue weighted by Gasteiger charge is 1.96. The van der Waals surface area contributed by atoms with E-state index in [0.29, 0.717) is 0 Å². The molecule has 1 aromatic rings. The van der Waals surface area contributed by atoms with Crippen LogP contribution in [0.15, 0.2) is 24.3 Å². The Kier molecular flexibility index (Phi) is 5.90. The Bertz CT molecular complexity index is 300. The summed E-state index contributed by atoms with van der Waals surface area (Å²) >= 11 is 0. The third-order valence-electron chi connectivity index (χ3n) is 2.27. The molecule has 1 N–H and O–H groups in total. The van der Waals surface area contributed by atoms with Crippen molar-refractivity contribution >= 4 is 0 Å². The van der Waals surface area contributed by atoms with Gasteiger partial charge in [0.1, 0.15) is 5.75 Å². The molecule has 90 valence electrons. The molecular weight excluding hydrogens is 200 g/mol. The lowest BCUT2D eigenvalue weighted by atomic mass is 10.2. The van der Waals surface area contributed by atoms with Gasteiger partial charge in [-0.25, -0.2) is 0 Å². The van der Waals surface area contributed by atoms with E-state index in [2.05, 4.69) is 36.4 Å². The lowest BCUT2D eigenvalue weighted by molar-refractivity contribution is 0.339. The van der Waals surface area contributed by atoms with Gasteiger partial charge in [-0.2, -0.15) is 0 Å². The molecule has 0 unspecified atom stereocenters. The summed E-state index contributed by atoms with van der Waals surface area (Å²) in [5.74, 6) is 0.953. The molecule has 0 aliphatic rings. The van der Waals surface area contributed by atoms with Crippen LogP contribution in [0.1, 0.15) is 12.5 Å². The molecule has 16 heavy (non-hydrogen) atoms. The zero-order valence-corrected chi connectivity index (χ0v) is 10.5. The smallest absolute Gasteiger partial charge is 0.119 e. The quantitative estimate of drug-likeness (QED) is 0.711. The third-order valence-corrected chi connectivity index (χ3v) is 2.27. The minimum absolute atomic E-state index is 0.720. The number of nitrogens with zero attached hydrogens (tertiary/aromatic N) is 1. The first kappa shape index (κ1) is 13.0. The van der Waals surface area contributed by atoms with E-state index in [1.54, 1.807) is 0 Å². The van der Waals surface area contributed by atoms with Gasteiger partial charge in [-0.3, -0.25) is 0 Å². The molecule has 0 aliphatic heterocycles. The first-order valence-electron chi connectivity index (χ1n) is 5.79. The highest BCUT2D eigenvalue weighted by atomic mass is 16.5. The van der Waals surface area contributed by atoms with Crippen molar-refractivity contribution in [3.63, 3.8) is 0 Å². The average Bonchev–Trinajstić information content (AvgIpc) is 2.25. The average molecular weight is 222 g/mol. The van der Waals surface area contributed by atoms with Crippen LogP contribution in [-0.2, 0) is 6.54 Å². The minimum Gasteiger partial charge on any atom is -0.494 e. The van der Waals surface area contributed by atoms with E-state index in [0.717, 1.165) is 32.0 Å². The summed E-state index contributed by atoms with van der Waals surface area (Å²) in [7, 11) is 4.16. The number of benzene rings is 1. The van der Waals surface area contributed by atoms with Gasteiger partial charge in [-0.15, -0.1) is 0 Å². The number of ether oxygens (including phenoxy) is 1. The molecule has 0 bridgehead atoms. The molecule has 0 aliphatic carbocycles. The molecule has 0 radical (unpaired) electrons. The number of rotatable bonds is 7. The summed E-state index contributed by atoms with van der Waals surface area (Å²) in [5.41, 5.74) is 1.27. The molecule has 1 aromatic carbocycles. The van der Waals surface area contributed by atoms with Crippen LogP contribution in [0.25, 0.3) is 0 Å². The van der Waals surface area contributed by atoms with Crippen LogP contribution in [0.4, 0.5) is 0 Å². The summed E-state index contributed by atoms with van der Waals surface area (Å²) in [4.78, 5) is 2.17. The maximum atomic E-state index is 5.46. The van der Waals surface area contributed by atoms with Gasteiger partial charge in [0.15, 0.2) is 0 Å². The zero-order valence-electron chi connectivity index (χ0n) is 10.5. The SMILES string of the molecule is CCOc1cccc(CNCCN(C)C)c1. The Hall–Kier alpha value is -1.06. The number of hydrogen-bond donors (Lipinski definition) is 1. The molecule has 0 heterocycles. The number of likely N-dealkylation sites (N-methyl/N-ethyl adjacent to an activating group) is 1. The highest BCUT2D eigenvalue weighted by molar-refractivity contribution is 5.28. The van der Waals surface area contributed by atoms with E-state index >= 15 is 0 Å². The molecule has 0 atom stereocenters. The minimum atomic E-state index is 0.720. The van der Waals surface area contributed by atoms with Crippen molar-refractivity contribution in [3.05, 3.63) is 29.8 Å². The predicted octanol–water partition coefficient (Wildman–Crippen LogP) is 1.74. The summed E-state index contributed by atoms with van der Waals surface area (Å²) in [5, 5.41) is 3.41. The van der Waals surface area contributed by atoms with Gasteiger partial charge in [0.2, 0.25) is 0 Å². The highest BCUT2D eigenvalue weighted by Crippen LogP contribution is 2.12. The number of hydrogen-bond acceptors (Lipinski definition) is 3. The van der Waals surface area contributed by atoms with Crippen LogP contribution in [0.5, 0.6) is 5.75 Å². The van der Waals surface area contributed by atoms with Gasteiger partial charge in [-0.05, 0) is 38.7 Å². The first-order chi connectivity index (χ1) is 7.72. The molecule has 0 amide bonds. The van der Waals surface area contributed by atoms with Crippen molar-refractivity contribution < 1.29 is 4.74 Å². The Labute approximate surface area is 98.4 Å². The van der Waals surface area contributed by atoms with Crippen LogP contribution in [0, 0.1) is 0 Å². The Balaban J connectivity index is 2.33. The van der Waals surface area contributed by atoms with Crippen molar-refractivity contribution in [2.75, 3.05) is 33.8 Å². The van der Waals surface area contributed by atoms with Crippen LogP contribution < -0.4 is 10.1 Å². The van der Waals surface area contributed by atoms with E-state index < -0.39 is 0 Å². The topological polar surface area (TPSA) is 24.5 Å². The lowest BCUT2D eigenvalue weighted by Gasteiger charge is -2.11. The van der Waals surface area contributed by atoms with Crippen molar-refractivity contribution in [3.8, 4) is 5.75 Å². The third kappa shape index (κ3) is 5.14. The second-order valence-electron chi connectivity index (χ2n) is 4.06. The molecule has 1 rings (SSSR count). The monoisotopic (exact) mass is 222 g/mol. The van der Waals surface area contributed by atoms with Crippen LogP contribution in [0.3, 0.4) is 0 Å². The summed E-state index contributed by atoms with van der Waals surface area (Å²) in [6.45, 7) is 5.69. The van der Waals surface area contributed by atoms with E-state index in [-0.39, 0.29) is 0 Å². The van der Waals surface area contributed by atoms with Crippen molar-refractivity contribution in [2.24, 2.45) is 0 Å². The summed E-state index contributed by atoms with van der Waals surface area (Å²) in [6, 6.07) is 8.23. The van der Waals surface area contributed by atoms with Gasteiger partial charge in [0.05, 0.1) is 6.61 Å². The van der Waals surface area contributed by atoms with E-state index in [9.17, 15) is 0 Å². The van der Waals surface area contributed by atoms with Gasteiger partial charge in [-0.1, -0.05) is 12.1 Å². The van der Waals surface area contributed by atoms with E-state index in [1.165, 1.54) is 5.56 Å².